The number of hydrogen-bond acceptors (Lipinski definition) is 1. The molecule has 2 aromatic rings. The zero-order chi connectivity index (χ0) is 12.9. The molecule has 3 nitrogen and oxygen atoms in total. The number of nitrogens with two attached hydrogens (primary N) is 1. The van der Waals surface area contributed by atoms with Crippen LogP contribution in [0.4, 0.5) is 0 Å². The first-order valence-electron chi connectivity index (χ1n) is 6.47. The van der Waals surface area contributed by atoms with Gasteiger partial charge in [0, 0.05) is 23.6 Å². The van der Waals surface area contributed by atoms with Crippen LogP contribution in [0, 0.1) is 6.92 Å². The van der Waals surface area contributed by atoms with Crippen molar-refractivity contribution in [1.82, 2.24) is 4.57 Å². The van der Waals surface area contributed by atoms with E-state index in [1.165, 1.54) is 27.7 Å². The molecule has 1 aliphatic carbocycles. The highest BCUT2D eigenvalue weighted by Gasteiger charge is 2.30. The van der Waals surface area contributed by atoms with Gasteiger partial charge in [0.15, 0.2) is 0 Å². The SMILES string of the molecule is Cc1cccc2c1c1c(n2C)CCCC1C(N)=O. The molecule has 1 aromatic heterocycles. The number of amides is 1. The summed E-state index contributed by atoms with van der Waals surface area (Å²) < 4.78 is 2.23. The van der Waals surface area contributed by atoms with Crippen LogP contribution in [0.3, 0.4) is 0 Å². The van der Waals surface area contributed by atoms with Gasteiger partial charge in [-0.05, 0) is 43.4 Å². The van der Waals surface area contributed by atoms with E-state index < -0.39 is 0 Å². The Morgan fingerprint density at radius 1 is 1.44 bits per heavy atom. The van der Waals surface area contributed by atoms with Crippen molar-refractivity contribution in [2.75, 3.05) is 0 Å². The zero-order valence-corrected chi connectivity index (χ0v) is 10.9. The van der Waals surface area contributed by atoms with Crippen LogP contribution >= 0.6 is 0 Å². The van der Waals surface area contributed by atoms with Crippen LogP contribution < -0.4 is 5.73 Å². The predicted octanol–water partition coefficient (Wildman–Crippen LogP) is 2.39. The molecule has 1 unspecified atom stereocenters. The van der Waals surface area contributed by atoms with Crippen LogP contribution in [0.1, 0.15) is 35.6 Å². The second-order valence-corrected chi connectivity index (χ2v) is 5.24. The third-order valence-electron chi connectivity index (χ3n) is 4.20. The van der Waals surface area contributed by atoms with E-state index in [0.717, 1.165) is 19.3 Å². The van der Waals surface area contributed by atoms with Gasteiger partial charge < -0.3 is 10.3 Å². The number of carbonyl (C=O) groups is 1. The quantitative estimate of drug-likeness (QED) is 0.820. The summed E-state index contributed by atoms with van der Waals surface area (Å²) in [6, 6.07) is 6.30. The van der Waals surface area contributed by atoms with Crippen molar-refractivity contribution >= 4 is 16.8 Å². The molecule has 0 bridgehead atoms. The highest BCUT2D eigenvalue weighted by molar-refractivity contribution is 5.95. The van der Waals surface area contributed by atoms with E-state index in [-0.39, 0.29) is 11.8 Å². The lowest BCUT2D eigenvalue weighted by molar-refractivity contribution is -0.119. The number of fused-ring (bicyclic) bond motifs is 3. The lowest BCUT2D eigenvalue weighted by Crippen LogP contribution is -2.25. The van der Waals surface area contributed by atoms with Crippen molar-refractivity contribution in [3.05, 3.63) is 35.0 Å². The molecule has 1 atom stereocenters. The molecule has 0 saturated heterocycles. The van der Waals surface area contributed by atoms with Gasteiger partial charge in [-0.2, -0.15) is 0 Å². The lowest BCUT2D eigenvalue weighted by Gasteiger charge is -2.21. The summed E-state index contributed by atoms with van der Waals surface area (Å²) in [6.45, 7) is 2.11. The van der Waals surface area contributed by atoms with Crippen LogP contribution in [0.15, 0.2) is 18.2 Å². The third-order valence-corrected chi connectivity index (χ3v) is 4.20. The number of hydrogen-bond donors (Lipinski definition) is 1. The van der Waals surface area contributed by atoms with Gasteiger partial charge in [-0.3, -0.25) is 4.79 Å². The third kappa shape index (κ3) is 1.40. The molecule has 1 heterocycles. The first-order valence-corrected chi connectivity index (χ1v) is 6.47. The van der Waals surface area contributed by atoms with Gasteiger partial charge in [0.1, 0.15) is 0 Å². The number of benzene rings is 1. The molecular formula is C15H18N2O. The average molecular weight is 242 g/mol. The normalized spacial score (nSPS) is 18.9. The van der Waals surface area contributed by atoms with Crippen LogP contribution in [0.5, 0.6) is 0 Å². The number of aromatic nitrogens is 1. The van der Waals surface area contributed by atoms with Crippen molar-refractivity contribution in [3.63, 3.8) is 0 Å². The fraction of sp³-hybridized carbons (Fsp3) is 0.400. The fourth-order valence-electron chi connectivity index (χ4n) is 3.33. The molecule has 18 heavy (non-hydrogen) atoms. The smallest absolute Gasteiger partial charge is 0.225 e. The number of aryl methyl sites for hydroxylation is 2. The topological polar surface area (TPSA) is 48.0 Å². The highest BCUT2D eigenvalue weighted by atomic mass is 16.1. The number of rotatable bonds is 1. The monoisotopic (exact) mass is 242 g/mol. The van der Waals surface area contributed by atoms with Gasteiger partial charge >= 0.3 is 0 Å². The molecule has 0 spiro atoms. The van der Waals surface area contributed by atoms with E-state index in [9.17, 15) is 4.79 Å². The fourth-order valence-corrected chi connectivity index (χ4v) is 3.33. The molecule has 0 aliphatic heterocycles. The van der Waals surface area contributed by atoms with Gasteiger partial charge in [-0.25, -0.2) is 0 Å². The summed E-state index contributed by atoms with van der Waals surface area (Å²) in [7, 11) is 2.09. The minimum atomic E-state index is -0.188. The maximum Gasteiger partial charge on any atom is 0.225 e. The standard InChI is InChI=1S/C15H18N2O/c1-9-5-3-7-11-13(9)14-10(15(16)18)6-4-8-12(14)17(11)2/h3,5,7,10H,4,6,8H2,1-2H3,(H2,16,18). The molecule has 1 amide bonds. The Labute approximate surface area is 107 Å². The average Bonchev–Trinajstić information content (AvgIpc) is 2.65. The van der Waals surface area contributed by atoms with Crippen LogP contribution in [0.25, 0.3) is 10.9 Å². The van der Waals surface area contributed by atoms with Crippen LogP contribution in [-0.4, -0.2) is 10.5 Å². The van der Waals surface area contributed by atoms with Crippen molar-refractivity contribution in [1.29, 1.82) is 0 Å². The summed E-state index contributed by atoms with van der Waals surface area (Å²) in [5.74, 6) is -0.301. The zero-order valence-electron chi connectivity index (χ0n) is 10.9. The molecule has 1 aromatic carbocycles. The minimum absolute atomic E-state index is 0.112. The van der Waals surface area contributed by atoms with Crippen LogP contribution in [0.2, 0.25) is 0 Å². The number of carbonyl (C=O) groups excluding carboxylic acids is 1. The largest absolute Gasteiger partial charge is 0.369 e. The molecular weight excluding hydrogens is 224 g/mol. The molecule has 0 fully saturated rings. The van der Waals surface area contributed by atoms with E-state index in [1.54, 1.807) is 0 Å². The molecule has 1 aliphatic rings. The highest BCUT2D eigenvalue weighted by Crippen LogP contribution is 2.39. The Kier molecular flexibility index (Phi) is 2.44. The molecule has 0 saturated carbocycles. The van der Waals surface area contributed by atoms with Crippen molar-refractivity contribution in [2.45, 2.75) is 32.1 Å². The van der Waals surface area contributed by atoms with Gasteiger partial charge in [0.25, 0.3) is 0 Å². The number of nitrogens with zero attached hydrogens (tertiary/aromatic N) is 1. The Hall–Kier alpha value is -1.77. The van der Waals surface area contributed by atoms with E-state index in [2.05, 4.69) is 36.7 Å². The van der Waals surface area contributed by atoms with E-state index >= 15 is 0 Å². The molecule has 2 N–H and O–H groups in total. The molecule has 94 valence electrons. The first-order chi connectivity index (χ1) is 8.61. The summed E-state index contributed by atoms with van der Waals surface area (Å²) >= 11 is 0. The Balaban J connectivity index is 2.40. The lowest BCUT2D eigenvalue weighted by atomic mass is 9.84. The Morgan fingerprint density at radius 2 is 2.22 bits per heavy atom. The molecule has 0 radical (unpaired) electrons. The Bertz CT molecular complexity index is 639. The van der Waals surface area contributed by atoms with Gasteiger partial charge in [0.05, 0.1) is 5.92 Å². The summed E-state index contributed by atoms with van der Waals surface area (Å²) in [5, 5.41) is 1.23. The van der Waals surface area contributed by atoms with E-state index in [1.807, 2.05) is 0 Å². The predicted molar refractivity (Wildman–Crippen MR) is 72.5 cm³/mol. The summed E-state index contributed by atoms with van der Waals surface area (Å²) in [4.78, 5) is 11.7. The van der Waals surface area contributed by atoms with Crippen molar-refractivity contribution in [2.24, 2.45) is 12.8 Å². The van der Waals surface area contributed by atoms with Crippen molar-refractivity contribution < 1.29 is 4.79 Å². The van der Waals surface area contributed by atoms with Crippen LogP contribution in [-0.2, 0) is 18.3 Å². The van der Waals surface area contributed by atoms with Gasteiger partial charge in [-0.15, -0.1) is 0 Å². The Morgan fingerprint density at radius 3 is 2.94 bits per heavy atom. The summed E-state index contributed by atoms with van der Waals surface area (Å²) in [5.41, 5.74) is 10.5. The first kappa shape index (κ1) is 11.3. The molecule has 3 rings (SSSR count). The maximum atomic E-state index is 11.7. The second-order valence-electron chi connectivity index (χ2n) is 5.24. The maximum absolute atomic E-state index is 11.7. The van der Waals surface area contributed by atoms with Gasteiger partial charge in [0.2, 0.25) is 5.91 Å². The minimum Gasteiger partial charge on any atom is -0.369 e. The second kappa shape index (κ2) is 3.87. The summed E-state index contributed by atoms with van der Waals surface area (Å²) in [6.07, 6.45) is 2.98. The molecule has 3 heteroatoms. The number of primary amides is 1. The van der Waals surface area contributed by atoms with Crippen molar-refractivity contribution in [3.8, 4) is 0 Å². The van der Waals surface area contributed by atoms with E-state index in [4.69, 9.17) is 5.73 Å². The van der Waals surface area contributed by atoms with E-state index in [0.29, 0.717) is 0 Å². The van der Waals surface area contributed by atoms with Gasteiger partial charge in [-0.1, -0.05) is 12.1 Å².